The quantitative estimate of drug-likeness (QED) is 0.745. The van der Waals surface area contributed by atoms with Crippen molar-refractivity contribution >= 4 is 11.6 Å². The molecule has 3 aliphatic rings. The first kappa shape index (κ1) is 20.4. The van der Waals surface area contributed by atoms with Gasteiger partial charge in [0.15, 0.2) is 0 Å². The zero-order valence-electron chi connectivity index (χ0n) is 16.2. The molecule has 8 heteroatoms. The van der Waals surface area contributed by atoms with E-state index in [1.165, 1.54) is 0 Å². The molecule has 0 radical (unpaired) electrons. The molecule has 2 heterocycles. The van der Waals surface area contributed by atoms with Gasteiger partial charge >= 0.3 is 6.18 Å². The molecule has 1 atom stereocenters. The SMILES string of the molecule is O=C1N(C2CCC(O)CC2)CCC12CCCN(c1cc(F)cc(C(F)(F)F)c1)C2. The van der Waals surface area contributed by atoms with Crippen LogP contribution in [0.1, 0.15) is 50.5 Å². The van der Waals surface area contributed by atoms with Crippen LogP contribution in [0.3, 0.4) is 0 Å². The lowest BCUT2D eigenvalue weighted by Gasteiger charge is -2.41. The maximum absolute atomic E-state index is 13.9. The number of nitrogens with zero attached hydrogens (tertiary/aromatic N) is 2. The number of benzene rings is 1. The number of amides is 1. The molecular formula is C21H26F4N2O2. The number of halogens is 4. The summed E-state index contributed by atoms with van der Waals surface area (Å²) in [6, 6.07) is 2.73. The summed E-state index contributed by atoms with van der Waals surface area (Å²) in [6.45, 7) is 1.47. The smallest absolute Gasteiger partial charge is 0.393 e. The monoisotopic (exact) mass is 414 g/mol. The van der Waals surface area contributed by atoms with Crippen molar-refractivity contribution in [3.8, 4) is 0 Å². The molecule has 29 heavy (non-hydrogen) atoms. The Morgan fingerprint density at radius 3 is 2.45 bits per heavy atom. The van der Waals surface area contributed by atoms with Gasteiger partial charge in [0.25, 0.3) is 0 Å². The number of alkyl halides is 3. The highest BCUT2D eigenvalue weighted by atomic mass is 19.4. The third-order valence-electron chi connectivity index (χ3n) is 6.80. The molecule has 2 aliphatic heterocycles. The van der Waals surface area contributed by atoms with Crippen molar-refractivity contribution in [2.75, 3.05) is 24.5 Å². The fourth-order valence-electron chi connectivity index (χ4n) is 5.22. The van der Waals surface area contributed by atoms with Crippen molar-refractivity contribution in [3.05, 3.63) is 29.6 Å². The molecule has 3 fully saturated rings. The largest absolute Gasteiger partial charge is 0.416 e. The van der Waals surface area contributed by atoms with Gasteiger partial charge in [0, 0.05) is 31.4 Å². The van der Waals surface area contributed by atoms with Gasteiger partial charge in [-0.1, -0.05) is 0 Å². The van der Waals surface area contributed by atoms with E-state index in [9.17, 15) is 27.5 Å². The van der Waals surface area contributed by atoms with Crippen LogP contribution in [-0.2, 0) is 11.0 Å². The lowest BCUT2D eigenvalue weighted by Crippen LogP contribution is -2.50. The molecule has 4 nitrogen and oxygen atoms in total. The number of anilines is 1. The van der Waals surface area contributed by atoms with Gasteiger partial charge in [-0.25, -0.2) is 4.39 Å². The standard InChI is InChI=1S/C21H26F4N2O2/c22-15-10-14(21(23,24)25)11-17(12-15)26-8-1-6-20(13-26)7-9-27(19(20)29)16-2-4-18(28)5-3-16/h10-12,16,18,28H,1-9,13H2. The fraction of sp³-hybridized carbons (Fsp3) is 0.667. The number of carbonyl (C=O) groups excluding carboxylic acids is 1. The molecule has 4 rings (SSSR count). The minimum Gasteiger partial charge on any atom is -0.393 e. The zero-order chi connectivity index (χ0) is 20.8. The van der Waals surface area contributed by atoms with Gasteiger partial charge in [-0.2, -0.15) is 13.2 Å². The van der Waals surface area contributed by atoms with E-state index in [2.05, 4.69) is 0 Å². The summed E-state index contributed by atoms with van der Waals surface area (Å²) in [5, 5.41) is 9.72. The van der Waals surface area contributed by atoms with Crippen molar-refractivity contribution < 1.29 is 27.5 Å². The van der Waals surface area contributed by atoms with Gasteiger partial charge in [-0.3, -0.25) is 4.79 Å². The number of aliphatic hydroxyl groups excluding tert-OH is 1. The normalized spacial score (nSPS) is 31.0. The summed E-state index contributed by atoms with van der Waals surface area (Å²) in [5.74, 6) is -0.856. The van der Waals surface area contributed by atoms with E-state index >= 15 is 0 Å². The summed E-state index contributed by atoms with van der Waals surface area (Å²) >= 11 is 0. The van der Waals surface area contributed by atoms with Crippen LogP contribution in [0.5, 0.6) is 0 Å². The van der Waals surface area contributed by atoms with Crippen molar-refractivity contribution in [2.45, 2.75) is 63.3 Å². The topological polar surface area (TPSA) is 43.8 Å². The van der Waals surface area contributed by atoms with Crippen molar-refractivity contribution in [2.24, 2.45) is 5.41 Å². The van der Waals surface area contributed by atoms with E-state index < -0.39 is 23.0 Å². The Balaban J connectivity index is 1.53. The third kappa shape index (κ3) is 3.96. The van der Waals surface area contributed by atoms with Gasteiger partial charge in [0.2, 0.25) is 5.91 Å². The van der Waals surface area contributed by atoms with Crippen LogP contribution in [0.4, 0.5) is 23.2 Å². The second-order valence-corrected chi connectivity index (χ2v) is 8.71. The number of hydrogen-bond acceptors (Lipinski definition) is 3. The molecule has 1 spiro atoms. The summed E-state index contributed by atoms with van der Waals surface area (Å²) in [6.07, 6.45) is 0.0966. The Morgan fingerprint density at radius 2 is 1.76 bits per heavy atom. The van der Waals surface area contributed by atoms with E-state index in [0.717, 1.165) is 25.0 Å². The first-order valence-corrected chi connectivity index (χ1v) is 10.3. The summed E-state index contributed by atoms with van der Waals surface area (Å²) in [5.41, 5.74) is -1.44. The number of piperidine rings is 1. The lowest BCUT2D eigenvalue weighted by molar-refractivity contribution is -0.139. The Labute approximate surface area is 167 Å². The molecule has 1 amide bonds. The predicted molar refractivity (Wildman–Crippen MR) is 99.9 cm³/mol. The van der Waals surface area contributed by atoms with Crippen LogP contribution in [-0.4, -0.2) is 47.7 Å². The maximum Gasteiger partial charge on any atom is 0.416 e. The van der Waals surface area contributed by atoms with Crippen LogP contribution in [0.2, 0.25) is 0 Å². The van der Waals surface area contributed by atoms with E-state index in [0.29, 0.717) is 57.8 Å². The molecule has 1 aromatic rings. The molecule has 1 saturated carbocycles. The van der Waals surface area contributed by atoms with Crippen molar-refractivity contribution in [1.82, 2.24) is 4.90 Å². The van der Waals surface area contributed by atoms with Gasteiger partial charge in [0.1, 0.15) is 5.82 Å². The molecule has 2 saturated heterocycles. The number of likely N-dealkylation sites (tertiary alicyclic amines) is 1. The highest BCUT2D eigenvalue weighted by Crippen LogP contribution is 2.44. The molecule has 1 aromatic carbocycles. The van der Waals surface area contributed by atoms with Gasteiger partial charge < -0.3 is 14.9 Å². The van der Waals surface area contributed by atoms with E-state index in [4.69, 9.17) is 0 Å². The number of rotatable bonds is 2. The van der Waals surface area contributed by atoms with Gasteiger partial charge in [-0.15, -0.1) is 0 Å². The maximum atomic E-state index is 13.9. The number of hydrogen-bond donors (Lipinski definition) is 1. The van der Waals surface area contributed by atoms with E-state index in [-0.39, 0.29) is 23.7 Å². The van der Waals surface area contributed by atoms with E-state index in [1.54, 1.807) is 4.90 Å². The minimum atomic E-state index is -4.62. The highest BCUT2D eigenvalue weighted by molar-refractivity contribution is 5.86. The lowest BCUT2D eigenvalue weighted by atomic mass is 9.78. The Hall–Kier alpha value is -1.83. The molecule has 160 valence electrons. The molecule has 1 N–H and O–H groups in total. The zero-order valence-corrected chi connectivity index (χ0v) is 16.2. The third-order valence-corrected chi connectivity index (χ3v) is 6.80. The molecule has 1 unspecified atom stereocenters. The fourth-order valence-corrected chi connectivity index (χ4v) is 5.22. The van der Waals surface area contributed by atoms with E-state index in [1.807, 2.05) is 4.90 Å². The highest BCUT2D eigenvalue weighted by Gasteiger charge is 2.50. The average Bonchev–Trinajstić information content (AvgIpc) is 2.97. The first-order chi connectivity index (χ1) is 13.7. The van der Waals surface area contributed by atoms with Crippen LogP contribution in [0, 0.1) is 11.2 Å². The summed E-state index contributed by atoms with van der Waals surface area (Å²) in [7, 11) is 0. The second-order valence-electron chi connectivity index (χ2n) is 8.71. The summed E-state index contributed by atoms with van der Waals surface area (Å²) < 4.78 is 53.1. The number of aliphatic hydroxyl groups is 1. The van der Waals surface area contributed by atoms with Gasteiger partial charge in [-0.05, 0) is 63.1 Å². The van der Waals surface area contributed by atoms with Gasteiger partial charge in [0.05, 0.1) is 17.1 Å². The summed E-state index contributed by atoms with van der Waals surface area (Å²) in [4.78, 5) is 17.0. The Bertz CT molecular complexity index is 776. The average molecular weight is 414 g/mol. The molecular weight excluding hydrogens is 388 g/mol. The van der Waals surface area contributed by atoms with Crippen LogP contribution in [0.25, 0.3) is 0 Å². The predicted octanol–water partition coefficient (Wildman–Crippen LogP) is 3.97. The van der Waals surface area contributed by atoms with Crippen molar-refractivity contribution in [1.29, 1.82) is 0 Å². The second kappa shape index (κ2) is 7.45. The molecule has 0 aromatic heterocycles. The first-order valence-electron chi connectivity index (χ1n) is 10.3. The van der Waals surface area contributed by atoms with Crippen LogP contribution >= 0.6 is 0 Å². The minimum absolute atomic E-state index is 0.0658. The Kier molecular flexibility index (Phi) is 5.25. The Morgan fingerprint density at radius 1 is 1.03 bits per heavy atom. The van der Waals surface area contributed by atoms with Crippen LogP contribution in [0.15, 0.2) is 18.2 Å². The number of carbonyl (C=O) groups is 1. The molecule has 1 aliphatic carbocycles. The van der Waals surface area contributed by atoms with Crippen molar-refractivity contribution in [3.63, 3.8) is 0 Å². The molecule has 0 bridgehead atoms. The van der Waals surface area contributed by atoms with Crippen LogP contribution < -0.4 is 4.90 Å².